The van der Waals surface area contributed by atoms with Crippen LogP contribution in [0.15, 0.2) is 24.3 Å². The summed E-state index contributed by atoms with van der Waals surface area (Å²) in [6.07, 6.45) is -5.66. The Kier molecular flexibility index (Phi) is 3.41. The topological polar surface area (TPSA) is 46.5 Å². The summed E-state index contributed by atoms with van der Waals surface area (Å²) < 4.78 is 41.7. The van der Waals surface area contributed by atoms with Crippen LogP contribution in [0.4, 0.5) is 13.2 Å². The smallest absolute Gasteiger partial charge is 0.416 e. The SMILES string of the molecule is C[C@@H](Oc1cccc(C(F)(F)F)c1)C(=O)O. The number of rotatable bonds is 3. The number of benzene rings is 1. The van der Waals surface area contributed by atoms with Crippen molar-refractivity contribution in [3.63, 3.8) is 0 Å². The molecule has 0 aromatic heterocycles. The lowest BCUT2D eigenvalue weighted by molar-refractivity contribution is -0.144. The molecule has 0 saturated carbocycles. The Hall–Kier alpha value is -1.72. The first-order chi connectivity index (χ1) is 7.30. The largest absolute Gasteiger partial charge is 0.479 e. The monoisotopic (exact) mass is 234 g/mol. The second-order valence-electron chi connectivity index (χ2n) is 3.12. The first kappa shape index (κ1) is 12.4. The van der Waals surface area contributed by atoms with E-state index in [1.807, 2.05) is 0 Å². The molecule has 0 amide bonds. The molecule has 0 unspecified atom stereocenters. The van der Waals surface area contributed by atoms with Crippen LogP contribution in [-0.4, -0.2) is 17.2 Å². The van der Waals surface area contributed by atoms with Gasteiger partial charge in [0.15, 0.2) is 6.10 Å². The van der Waals surface area contributed by atoms with Crippen molar-refractivity contribution >= 4 is 5.97 Å². The number of aliphatic carboxylic acids is 1. The molecule has 88 valence electrons. The molecule has 1 atom stereocenters. The molecule has 1 rings (SSSR count). The van der Waals surface area contributed by atoms with Crippen LogP contribution in [-0.2, 0) is 11.0 Å². The summed E-state index contributed by atoms with van der Waals surface area (Å²) >= 11 is 0. The van der Waals surface area contributed by atoms with Gasteiger partial charge in [0.2, 0.25) is 0 Å². The fraction of sp³-hybridized carbons (Fsp3) is 0.300. The van der Waals surface area contributed by atoms with Crippen molar-refractivity contribution in [3.8, 4) is 5.75 Å². The molecule has 0 fully saturated rings. The zero-order chi connectivity index (χ0) is 12.3. The van der Waals surface area contributed by atoms with E-state index in [1.165, 1.54) is 13.0 Å². The molecule has 0 spiro atoms. The van der Waals surface area contributed by atoms with Crippen LogP contribution in [0.25, 0.3) is 0 Å². The van der Waals surface area contributed by atoms with Gasteiger partial charge < -0.3 is 9.84 Å². The lowest BCUT2D eigenvalue weighted by Gasteiger charge is -2.12. The third-order valence-corrected chi connectivity index (χ3v) is 1.82. The molecule has 0 aliphatic carbocycles. The zero-order valence-corrected chi connectivity index (χ0v) is 8.28. The highest BCUT2D eigenvalue weighted by atomic mass is 19.4. The lowest BCUT2D eigenvalue weighted by atomic mass is 10.2. The minimum atomic E-state index is -4.47. The average Bonchev–Trinajstić information content (AvgIpc) is 2.16. The maximum Gasteiger partial charge on any atom is 0.416 e. The van der Waals surface area contributed by atoms with E-state index in [1.54, 1.807) is 0 Å². The van der Waals surface area contributed by atoms with Crippen LogP contribution >= 0.6 is 0 Å². The Labute approximate surface area is 89.5 Å². The van der Waals surface area contributed by atoms with Gasteiger partial charge in [0.1, 0.15) is 5.75 Å². The summed E-state index contributed by atoms with van der Waals surface area (Å²) in [6, 6.07) is 4.08. The van der Waals surface area contributed by atoms with Crippen molar-refractivity contribution in [3.05, 3.63) is 29.8 Å². The average molecular weight is 234 g/mol. The van der Waals surface area contributed by atoms with Crippen molar-refractivity contribution < 1.29 is 27.8 Å². The second-order valence-corrected chi connectivity index (χ2v) is 3.12. The highest BCUT2D eigenvalue weighted by molar-refractivity contribution is 5.72. The molecule has 1 aromatic rings. The quantitative estimate of drug-likeness (QED) is 0.874. The van der Waals surface area contributed by atoms with Gasteiger partial charge in [0, 0.05) is 0 Å². The summed E-state index contributed by atoms with van der Waals surface area (Å²) in [5.41, 5.74) is -0.873. The number of halogens is 3. The van der Waals surface area contributed by atoms with Gasteiger partial charge in [-0.2, -0.15) is 13.2 Å². The third-order valence-electron chi connectivity index (χ3n) is 1.82. The van der Waals surface area contributed by atoms with Gasteiger partial charge >= 0.3 is 12.1 Å². The molecular formula is C10H9F3O3. The van der Waals surface area contributed by atoms with Gasteiger partial charge in [-0.3, -0.25) is 0 Å². The molecular weight excluding hydrogens is 225 g/mol. The van der Waals surface area contributed by atoms with Gasteiger partial charge in [-0.25, -0.2) is 4.79 Å². The number of hydrogen-bond donors (Lipinski definition) is 1. The van der Waals surface area contributed by atoms with Crippen LogP contribution < -0.4 is 4.74 Å². The zero-order valence-electron chi connectivity index (χ0n) is 8.28. The summed E-state index contributed by atoms with van der Waals surface area (Å²) in [5.74, 6) is -1.36. The van der Waals surface area contributed by atoms with Crippen molar-refractivity contribution in [2.45, 2.75) is 19.2 Å². The molecule has 0 bridgehead atoms. The van der Waals surface area contributed by atoms with E-state index in [0.29, 0.717) is 0 Å². The molecule has 1 aromatic carbocycles. The Bertz CT molecular complexity index is 387. The predicted octanol–water partition coefficient (Wildman–Crippen LogP) is 2.56. The van der Waals surface area contributed by atoms with Crippen LogP contribution in [0.5, 0.6) is 5.75 Å². The fourth-order valence-corrected chi connectivity index (χ4v) is 1.00. The third kappa shape index (κ3) is 3.15. The van der Waals surface area contributed by atoms with Crippen molar-refractivity contribution in [2.75, 3.05) is 0 Å². The molecule has 0 aliphatic rings. The predicted molar refractivity (Wildman–Crippen MR) is 49.2 cm³/mol. The number of carbonyl (C=O) groups is 1. The van der Waals surface area contributed by atoms with Gasteiger partial charge in [-0.15, -0.1) is 0 Å². The van der Waals surface area contributed by atoms with Gasteiger partial charge in [0.05, 0.1) is 5.56 Å². The van der Waals surface area contributed by atoms with Gasteiger partial charge in [-0.05, 0) is 25.1 Å². The van der Waals surface area contributed by atoms with Crippen molar-refractivity contribution in [1.82, 2.24) is 0 Å². The van der Waals surface area contributed by atoms with Crippen LogP contribution in [0.2, 0.25) is 0 Å². The van der Waals surface area contributed by atoms with E-state index in [9.17, 15) is 18.0 Å². The van der Waals surface area contributed by atoms with E-state index in [2.05, 4.69) is 0 Å². The Morgan fingerprint density at radius 2 is 2.06 bits per heavy atom. The molecule has 0 aliphatic heterocycles. The Morgan fingerprint density at radius 1 is 1.44 bits per heavy atom. The molecule has 0 radical (unpaired) electrons. The molecule has 0 heterocycles. The molecule has 0 saturated heterocycles. The van der Waals surface area contributed by atoms with Gasteiger partial charge in [-0.1, -0.05) is 6.07 Å². The Balaban J connectivity index is 2.87. The summed E-state index contributed by atoms with van der Waals surface area (Å²) in [5, 5.41) is 8.53. The number of hydrogen-bond acceptors (Lipinski definition) is 2. The maximum atomic E-state index is 12.3. The Morgan fingerprint density at radius 3 is 2.56 bits per heavy atom. The summed E-state index contributed by atoms with van der Waals surface area (Å²) in [7, 11) is 0. The molecule has 16 heavy (non-hydrogen) atoms. The van der Waals surface area contributed by atoms with Crippen molar-refractivity contribution in [2.24, 2.45) is 0 Å². The maximum absolute atomic E-state index is 12.3. The van der Waals surface area contributed by atoms with E-state index < -0.39 is 23.8 Å². The summed E-state index contributed by atoms with van der Waals surface area (Å²) in [6.45, 7) is 1.24. The standard InChI is InChI=1S/C10H9F3O3/c1-6(9(14)15)16-8-4-2-3-7(5-8)10(11,12)13/h2-6H,1H3,(H,14,15)/t6-/m1/s1. The van der Waals surface area contributed by atoms with E-state index in [-0.39, 0.29) is 5.75 Å². The number of ether oxygens (including phenoxy) is 1. The molecule has 3 nitrogen and oxygen atoms in total. The first-order valence-electron chi connectivity index (χ1n) is 4.37. The number of carboxylic acid groups (broad SMARTS) is 1. The second kappa shape index (κ2) is 4.42. The van der Waals surface area contributed by atoms with E-state index in [0.717, 1.165) is 18.2 Å². The van der Waals surface area contributed by atoms with Gasteiger partial charge in [0.25, 0.3) is 0 Å². The first-order valence-corrected chi connectivity index (χ1v) is 4.37. The summed E-state index contributed by atoms with van der Waals surface area (Å²) in [4.78, 5) is 10.4. The highest BCUT2D eigenvalue weighted by Crippen LogP contribution is 2.31. The highest BCUT2D eigenvalue weighted by Gasteiger charge is 2.30. The van der Waals surface area contributed by atoms with Crippen LogP contribution in [0, 0.1) is 0 Å². The minimum absolute atomic E-state index is 0.121. The van der Waals surface area contributed by atoms with E-state index >= 15 is 0 Å². The van der Waals surface area contributed by atoms with Crippen LogP contribution in [0.3, 0.4) is 0 Å². The number of carboxylic acids is 1. The van der Waals surface area contributed by atoms with Crippen molar-refractivity contribution in [1.29, 1.82) is 0 Å². The lowest BCUT2D eigenvalue weighted by Crippen LogP contribution is -2.23. The molecule has 1 N–H and O–H groups in total. The van der Waals surface area contributed by atoms with Crippen LogP contribution in [0.1, 0.15) is 12.5 Å². The minimum Gasteiger partial charge on any atom is -0.479 e. The number of alkyl halides is 3. The van der Waals surface area contributed by atoms with E-state index in [4.69, 9.17) is 9.84 Å². The molecule has 6 heteroatoms. The fourth-order valence-electron chi connectivity index (χ4n) is 1.00. The normalized spacial score (nSPS) is 13.2.